The Bertz CT molecular complexity index is 291. The Labute approximate surface area is 86.6 Å². The molecule has 0 saturated carbocycles. The zero-order chi connectivity index (χ0) is 9.84. The maximum atomic E-state index is 13.3. The minimum atomic E-state index is -1.10. The fourth-order valence-electron chi connectivity index (χ4n) is 1.06. The molecular weight excluding hydrogens is 212 g/mol. The van der Waals surface area contributed by atoms with Crippen LogP contribution in [0.3, 0.4) is 0 Å². The van der Waals surface area contributed by atoms with Crippen LogP contribution in [-0.4, -0.2) is 6.54 Å². The Kier molecular flexibility index (Phi) is 3.97. The number of hydrogen-bond acceptors (Lipinski definition) is 1. The van der Waals surface area contributed by atoms with E-state index in [4.69, 9.17) is 28.9 Å². The molecule has 0 bridgehead atoms. The Morgan fingerprint density at radius 3 is 2.62 bits per heavy atom. The Morgan fingerprint density at radius 2 is 2.08 bits per heavy atom. The van der Waals surface area contributed by atoms with Gasteiger partial charge in [-0.2, -0.15) is 0 Å². The molecule has 0 aliphatic heterocycles. The monoisotopic (exact) mass is 221 g/mol. The van der Waals surface area contributed by atoms with Crippen molar-refractivity contribution in [3.05, 3.63) is 33.8 Å². The first-order chi connectivity index (χ1) is 6.15. The van der Waals surface area contributed by atoms with Crippen molar-refractivity contribution in [1.29, 1.82) is 0 Å². The third kappa shape index (κ3) is 2.83. The molecule has 0 fully saturated rings. The smallest absolute Gasteiger partial charge is 0.128 e. The molecule has 1 atom stereocenters. The van der Waals surface area contributed by atoms with Gasteiger partial charge < -0.3 is 5.73 Å². The molecule has 72 valence electrons. The average Bonchev–Trinajstić information content (AvgIpc) is 2.04. The van der Waals surface area contributed by atoms with E-state index in [-0.39, 0.29) is 6.42 Å². The molecule has 2 N–H and O–H groups in total. The lowest BCUT2D eigenvalue weighted by Crippen LogP contribution is -2.03. The molecule has 13 heavy (non-hydrogen) atoms. The van der Waals surface area contributed by atoms with Crippen molar-refractivity contribution < 1.29 is 4.39 Å². The molecule has 0 spiro atoms. The van der Waals surface area contributed by atoms with Crippen LogP contribution in [0.4, 0.5) is 4.39 Å². The van der Waals surface area contributed by atoms with Gasteiger partial charge in [0.2, 0.25) is 0 Å². The first kappa shape index (κ1) is 10.8. The molecule has 0 amide bonds. The molecule has 0 aliphatic rings. The molecule has 0 aliphatic carbocycles. The van der Waals surface area contributed by atoms with Crippen molar-refractivity contribution in [2.45, 2.75) is 12.6 Å². The van der Waals surface area contributed by atoms with Gasteiger partial charge in [-0.1, -0.05) is 29.3 Å². The van der Waals surface area contributed by atoms with E-state index in [0.29, 0.717) is 22.2 Å². The summed E-state index contributed by atoms with van der Waals surface area (Å²) in [5.41, 5.74) is 5.69. The van der Waals surface area contributed by atoms with E-state index in [9.17, 15) is 4.39 Å². The predicted molar refractivity (Wildman–Crippen MR) is 54.0 cm³/mol. The number of hydrogen-bond donors (Lipinski definition) is 1. The maximum Gasteiger partial charge on any atom is 0.128 e. The van der Waals surface area contributed by atoms with Gasteiger partial charge >= 0.3 is 0 Å². The first-order valence-electron chi connectivity index (χ1n) is 3.94. The molecule has 1 aromatic rings. The van der Waals surface area contributed by atoms with E-state index in [0.717, 1.165) is 0 Å². The van der Waals surface area contributed by atoms with E-state index in [1.807, 2.05) is 0 Å². The highest BCUT2D eigenvalue weighted by Gasteiger charge is 2.12. The lowest BCUT2D eigenvalue weighted by molar-refractivity contribution is 0.328. The highest BCUT2D eigenvalue weighted by molar-refractivity contribution is 6.35. The summed E-state index contributed by atoms with van der Waals surface area (Å²) in [5.74, 6) is 0. The van der Waals surface area contributed by atoms with Gasteiger partial charge in [0, 0.05) is 15.6 Å². The lowest BCUT2D eigenvalue weighted by atomic mass is 10.1. The highest BCUT2D eigenvalue weighted by Crippen LogP contribution is 2.29. The summed E-state index contributed by atoms with van der Waals surface area (Å²) >= 11 is 11.5. The molecule has 1 aromatic carbocycles. The second-order valence-corrected chi connectivity index (χ2v) is 3.55. The zero-order valence-corrected chi connectivity index (χ0v) is 8.45. The zero-order valence-electron chi connectivity index (χ0n) is 6.93. The highest BCUT2D eigenvalue weighted by atomic mass is 35.5. The molecule has 0 saturated heterocycles. The fourth-order valence-corrected chi connectivity index (χ4v) is 1.58. The van der Waals surface area contributed by atoms with E-state index in [1.54, 1.807) is 12.1 Å². The summed E-state index contributed by atoms with van der Waals surface area (Å²) in [6.07, 6.45) is -0.823. The lowest BCUT2D eigenvalue weighted by Gasteiger charge is -2.08. The Hall–Kier alpha value is -0.310. The number of nitrogens with two attached hydrogens (primary N) is 1. The number of benzene rings is 1. The second kappa shape index (κ2) is 4.80. The van der Waals surface area contributed by atoms with Gasteiger partial charge in [0.05, 0.1) is 0 Å². The van der Waals surface area contributed by atoms with Gasteiger partial charge in [0.1, 0.15) is 6.17 Å². The second-order valence-electron chi connectivity index (χ2n) is 2.71. The molecule has 4 heteroatoms. The molecule has 0 aromatic heterocycles. The largest absolute Gasteiger partial charge is 0.330 e. The van der Waals surface area contributed by atoms with Crippen molar-refractivity contribution in [2.75, 3.05) is 6.54 Å². The summed E-state index contributed by atoms with van der Waals surface area (Å²) < 4.78 is 13.3. The van der Waals surface area contributed by atoms with Crippen LogP contribution in [0.15, 0.2) is 18.2 Å². The normalized spacial score (nSPS) is 12.9. The van der Waals surface area contributed by atoms with Crippen molar-refractivity contribution in [3.63, 3.8) is 0 Å². The SMILES string of the molecule is NCCC(F)c1ccc(Cl)cc1Cl. The molecule has 0 radical (unpaired) electrons. The van der Waals surface area contributed by atoms with Crippen LogP contribution in [0, 0.1) is 0 Å². The molecular formula is C9H10Cl2FN. The minimum Gasteiger partial charge on any atom is -0.330 e. The molecule has 1 nitrogen and oxygen atoms in total. The van der Waals surface area contributed by atoms with Crippen LogP contribution in [0.25, 0.3) is 0 Å². The van der Waals surface area contributed by atoms with E-state index in [1.165, 1.54) is 6.07 Å². The van der Waals surface area contributed by atoms with Crippen molar-refractivity contribution in [3.8, 4) is 0 Å². The summed E-state index contributed by atoms with van der Waals surface area (Å²) in [6, 6.07) is 4.73. The third-order valence-electron chi connectivity index (χ3n) is 1.72. The Balaban J connectivity index is 2.88. The van der Waals surface area contributed by atoms with Crippen LogP contribution in [-0.2, 0) is 0 Å². The number of halogens is 3. The average molecular weight is 222 g/mol. The van der Waals surface area contributed by atoms with E-state index < -0.39 is 6.17 Å². The standard InChI is InChI=1S/C9H10Cl2FN/c10-6-1-2-7(8(11)5-6)9(12)3-4-13/h1-2,5,9H,3-4,13H2. The van der Waals surface area contributed by atoms with E-state index >= 15 is 0 Å². The van der Waals surface area contributed by atoms with Gasteiger partial charge in [0.25, 0.3) is 0 Å². The predicted octanol–water partition coefficient (Wildman–Crippen LogP) is 3.35. The minimum absolute atomic E-state index is 0.279. The van der Waals surface area contributed by atoms with Crippen molar-refractivity contribution >= 4 is 23.2 Å². The van der Waals surface area contributed by atoms with Crippen LogP contribution >= 0.6 is 23.2 Å². The topological polar surface area (TPSA) is 26.0 Å². The van der Waals surface area contributed by atoms with Crippen LogP contribution < -0.4 is 5.73 Å². The van der Waals surface area contributed by atoms with Gasteiger partial charge in [0.15, 0.2) is 0 Å². The van der Waals surface area contributed by atoms with Crippen LogP contribution in [0.1, 0.15) is 18.2 Å². The quantitative estimate of drug-likeness (QED) is 0.833. The van der Waals surface area contributed by atoms with Crippen LogP contribution in [0.2, 0.25) is 10.0 Å². The number of rotatable bonds is 3. The maximum absolute atomic E-state index is 13.3. The third-order valence-corrected chi connectivity index (χ3v) is 2.28. The van der Waals surface area contributed by atoms with Gasteiger partial charge in [-0.25, -0.2) is 4.39 Å². The fraction of sp³-hybridized carbons (Fsp3) is 0.333. The molecule has 1 rings (SSSR count). The summed E-state index contributed by atoms with van der Waals surface area (Å²) in [5, 5.41) is 0.863. The van der Waals surface area contributed by atoms with Gasteiger partial charge in [-0.05, 0) is 25.1 Å². The van der Waals surface area contributed by atoms with Gasteiger partial charge in [-0.3, -0.25) is 0 Å². The van der Waals surface area contributed by atoms with Gasteiger partial charge in [-0.15, -0.1) is 0 Å². The Morgan fingerprint density at radius 1 is 1.38 bits per heavy atom. The van der Waals surface area contributed by atoms with Crippen molar-refractivity contribution in [1.82, 2.24) is 0 Å². The molecule has 1 unspecified atom stereocenters. The van der Waals surface area contributed by atoms with Crippen LogP contribution in [0.5, 0.6) is 0 Å². The summed E-state index contributed by atoms with van der Waals surface area (Å²) in [7, 11) is 0. The van der Waals surface area contributed by atoms with Crippen molar-refractivity contribution in [2.24, 2.45) is 5.73 Å². The van der Waals surface area contributed by atoms with E-state index in [2.05, 4.69) is 0 Å². The summed E-state index contributed by atoms with van der Waals surface area (Å²) in [4.78, 5) is 0. The number of alkyl halides is 1. The molecule has 0 heterocycles. The first-order valence-corrected chi connectivity index (χ1v) is 4.70. The summed E-state index contributed by atoms with van der Waals surface area (Å²) in [6.45, 7) is 0.306.